The zero-order chi connectivity index (χ0) is 14.6. The van der Waals surface area contributed by atoms with Crippen LogP contribution in [0.25, 0.3) is 11.0 Å². The number of halogens is 1. The van der Waals surface area contributed by atoms with Crippen LogP contribution in [0.2, 0.25) is 0 Å². The van der Waals surface area contributed by atoms with E-state index in [0.717, 1.165) is 24.0 Å². The molecule has 0 saturated carbocycles. The summed E-state index contributed by atoms with van der Waals surface area (Å²) >= 11 is 0. The van der Waals surface area contributed by atoms with Crippen molar-refractivity contribution in [3.63, 3.8) is 0 Å². The first kappa shape index (κ1) is 13.3. The molecule has 0 aliphatic carbocycles. The second-order valence-electron chi connectivity index (χ2n) is 6.61. The predicted octanol–water partition coefficient (Wildman–Crippen LogP) is 3.44. The van der Waals surface area contributed by atoms with E-state index in [1.54, 1.807) is 6.07 Å². The van der Waals surface area contributed by atoms with Gasteiger partial charge in [0.15, 0.2) is 11.4 Å². The molecule has 3 heterocycles. The summed E-state index contributed by atoms with van der Waals surface area (Å²) in [6, 6.07) is 8.09. The maximum Gasteiger partial charge on any atom is 0.169 e. The molecule has 2 fully saturated rings. The van der Waals surface area contributed by atoms with Crippen LogP contribution in [0.4, 0.5) is 4.39 Å². The van der Waals surface area contributed by atoms with Crippen LogP contribution in [0.5, 0.6) is 0 Å². The molecule has 3 nitrogen and oxygen atoms in total. The fourth-order valence-corrected chi connectivity index (χ4v) is 4.19. The molecule has 1 aromatic heterocycles. The van der Waals surface area contributed by atoms with Gasteiger partial charge in [0.1, 0.15) is 5.76 Å². The normalized spacial score (nSPS) is 30.9. The summed E-state index contributed by atoms with van der Waals surface area (Å²) in [6.07, 6.45) is 4.79. The number of hydrogen-bond acceptors (Lipinski definition) is 3. The van der Waals surface area contributed by atoms with E-state index in [4.69, 9.17) is 10.2 Å². The highest BCUT2D eigenvalue weighted by Crippen LogP contribution is 2.42. The molecular weight excluding hydrogens is 267 g/mol. The summed E-state index contributed by atoms with van der Waals surface area (Å²) in [5, 5.41) is 0.802. The average Bonchev–Trinajstić information content (AvgIpc) is 2.97. The summed E-state index contributed by atoms with van der Waals surface area (Å²) in [5.74, 6) is 0.848. The van der Waals surface area contributed by atoms with Gasteiger partial charge in [-0.25, -0.2) is 4.39 Å². The average molecular weight is 288 g/mol. The van der Waals surface area contributed by atoms with E-state index in [1.165, 1.54) is 18.9 Å². The van der Waals surface area contributed by atoms with Crippen molar-refractivity contribution in [3.8, 4) is 0 Å². The Hall–Kier alpha value is -1.39. The van der Waals surface area contributed by atoms with Crippen LogP contribution < -0.4 is 5.73 Å². The smallest absolute Gasteiger partial charge is 0.169 e. The highest BCUT2D eigenvalue weighted by molar-refractivity contribution is 5.78. The SMILES string of the molecule is CN1C2CCC1CC(C(N)c1cc3cccc(F)c3o1)C2. The van der Waals surface area contributed by atoms with Gasteiger partial charge >= 0.3 is 0 Å². The van der Waals surface area contributed by atoms with Crippen LogP contribution in [0.3, 0.4) is 0 Å². The molecule has 2 bridgehead atoms. The monoisotopic (exact) mass is 288 g/mol. The standard InChI is InChI=1S/C17H21FN2O/c1-20-12-5-6-13(20)8-11(7-12)16(19)15-9-10-3-2-4-14(18)17(10)21-15/h2-4,9,11-13,16H,5-8,19H2,1H3. The molecule has 4 rings (SSSR count). The Labute approximate surface area is 123 Å². The van der Waals surface area contributed by atoms with Gasteiger partial charge in [-0.15, -0.1) is 0 Å². The largest absolute Gasteiger partial charge is 0.456 e. The first-order valence-electron chi connectivity index (χ1n) is 7.79. The highest BCUT2D eigenvalue weighted by Gasteiger charge is 2.41. The van der Waals surface area contributed by atoms with Crippen LogP contribution >= 0.6 is 0 Å². The van der Waals surface area contributed by atoms with Crippen LogP contribution in [0.1, 0.15) is 37.5 Å². The topological polar surface area (TPSA) is 42.4 Å². The number of para-hydroxylation sites is 1. The Balaban J connectivity index is 1.62. The number of hydrogen-bond donors (Lipinski definition) is 1. The van der Waals surface area contributed by atoms with E-state index in [0.29, 0.717) is 23.6 Å². The maximum atomic E-state index is 13.7. The summed E-state index contributed by atoms with van der Waals surface area (Å²) in [4.78, 5) is 2.50. The fraction of sp³-hybridized carbons (Fsp3) is 0.529. The van der Waals surface area contributed by atoms with Gasteiger partial charge in [0.2, 0.25) is 0 Å². The van der Waals surface area contributed by atoms with Crippen LogP contribution in [-0.2, 0) is 0 Å². The Bertz CT molecular complexity index is 654. The molecule has 3 unspecified atom stereocenters. The molecule has 4 heteroatoms. The van der Waals surface area contributed by atoms with Crippen molar-refractivity contribution < 1.29 is 8.81 Å². The van der Waals surface area contributed by atoms with E-state index < -0.39 is 0 Å². The number of nitrogens with zero attached hydrogens (tertiary/aromatic N) is 1. The van der Waals surface area contributed by atoms with Gasteiger partial charge in [-0.2, -0.15) is 0 Å². The third kappa shape index (κ3) is 2.09. The molecule has 2 aliphatic heterocycles. The summed E-state index contributed by atoms with van der Waals surface area (Å²) in [6.45, 7) is 0. The van der Waals surface area contributed by atoms with Crippen molar-refractivity contribution in [2.24, 2.45) is 11.7 Å². The molecular formula is C17H21FN2O. The van der Waals surface area contributed by atoms with Gasteiger partial charge in [-0.1, -0.05) is 12.1 Å². The third-order valence-corrected chi connectivity index (χ3v) is 5.49. The van der Waals surface area contributed by atoms with Crippen LogP contribution in [0, 0.1) is 11.7 Å². The summed E-state index contributed by atoms with van der Waals surface area (Å²) in [5.41, 5.74) is 6.78. The van der Waals surface area contributed by atoms with Crippen molar-refractivity contribution in [2.45, 2.75) is 43.8 Å². The molecule has 21 heavy (non-hydrogen) atoms. The summed E-state index contributed by atoms with van der Waals surface area (Å²) < 4.78 is 19.5. The Kier molecular flexibility index (Phi) is 3.05. The van der Waals surface area contributed by atoms with E-state index in [1.807, 2.05) is 12.1 Å². The molecule has 0 amide bonds. The zero-order valence-corrected chi connectivity index (χ0v) is 12.3. The van der Waals surface area contributed by atoms with E-state index in [9.17, 15) is 4.39 Å². The van der Waals surface area contributed by atoms with Gasteiger partial charge in [-0.05, 0) is 50.8 Å². The molecule has 112 valence electrons. The molecule has 2 N–H and O–H groups in total. The lowest BCUT2D eigenvalue weighted by molar-refractivity contribution is 0.116. The Morgan fingerprint density at radius 2 is 2.00 bits per heavy atom. The minimum atomic E-state index is -0.311. The maximum absolute atomic E-state index is 13.7. The fourth-order valence-electron chi connectivity index (χ4n) is 4.19. The number of piperidine rings is 1. The van der Waals surface area contributed by atoms with Crippen LogP contribution in [0.15, 0.2) is 28.7 Å². The van der Waals surface area contributed by atoms with Crippen molar-refractivity contribution in [3.05, 3.63) is 35.8 Å². The van der Waals surface area contributed by atoms with Crippen molar-refractivity contribution in [1.82, 2.24) is 4.90 Å². The van der Waals surface area contributed by atoms with Gasteiger partial charge < -0.3 is 15.1 Å². The Morgan fingerprint density at radius 3 is 2.67 bits per heavy atom. The predicted molar refractivity (Wildman–Crippen MR) is 80.4 cm³/mol. The van der Waals surface area contributed by atoms with Crippen molar-refractivity contribution in [1.29, 1.82) is 0 Å². The van der Waals surface area contributed by atoms with E-state index in [2.05, 4.69) is 11.9 Å². The first-order chi connectivity index (χ1) is 10.1. The number of fused-ring (bicyclic) bond motifs is 3. The van der Waals surface area contributed by atoms with Crippen molar-refractivity contribution >= 4 is 11.0 Å². The number of rotatable bonds is 2. The number of nitrogens with two attached hydrogens (primary N) is 1. The molecule has 3 atom stereocenters. The molecule has 0 radical (unpaired) electrons. The second-order valence-corrected chi connectivity index (χ2v) is 6.61. The van der Waals surface area contributed by atoms with E-state index >= 15 is 0 Å². The molecule has 0 spiro atoms. The lowest BCUT2D eigenvalue weighted by Crippen LogP contribution is -2.42. The quantitative estimate of drug-likeness (QED) is 0.920. The first-order valence-corrected chi connectivity index (χ1v) is 7.79. The lowest BCUT2D eigenvalue weighted by atomic mass is 9.84. The zero-order valence-electron chi connectivity index (χ0n) is 12.3. The van der Waals surface area contributed by atoms with Crippen LogP contribution in [-0.4, -0.2) is 24.0 Å². The molecule has 2 aromatic rings. The molecule has 1 aromatic carbocycles. The summed E-state index contributed by atoms with van der Waals surface area (Å²) in [7, 11) is 2.22. The third-order valence-electron chi connectivity index (χ3n) is 5.49. The Morgan fingerprint density at radius 1 is 1.29 bits per heavy atom. The van der Waals surface area contributed by atoms with Gasteiger partial charge in [0.05, 0.1) is 6.04 Å². The molecule has 2 saturated heterocycles. The number of furan rings is 1. The van der Waals surface area contributed by atoms with Gasteiger partial charge in [0, 0.05) is 17.5 Å². The van der Waals surface area contributed by atoms with Gasteiger partial charge in [0.25, 0.3) is 0 Å². The number of benzene rings is 1. The minimum absolute atomic E-state index is 0.131. The lowest BCUT2D eigenvalue weighted by Gasteiger charge is -2.38. The van der Waals surface area contributed by atoms with Gasteiger partial charge in [-0.3, -0.25) is 0 Å². The molecule has 2 aliphatic rings. The van der Waals surface area contributed by atoms with Crippen molar-refractivity contribution in [2.75, 3.05) is 7.05 Å². The highest BCUT2D eigenvalue weighted by atomic mass is 19.1. The second kappa shape index (κ2) is 4.82. The van der Waals surface area contributed by atoms with E-state index in [-0.39, 0.29) is 11.9 Å². The minimum Gasteiger partial charge on any atom is -0.456 e.